The van der Waals surface area contributed by atoms with Gasteiger partial charge in [-0.1, -0.05) is 12.2 Å². The predicted octanol–water partition coefficient (Wildman–Crippen LogP) is 0.286. The van der Waals surface area contributed by atoms with Crippen molar-refractivity contribution in [3.05, 3.63) is 0 Å². The van der Waals surface area contributed by atoms with Crippen molar-refractivity contribution in [1.29, 1.82) is 0 Å². The molecule has 14 heavy (non-hydrogen) atoms. The average molecular weight is 256 g/mol. The maximum absolute atomic E-state index is 11.7. The lowest BCUT2D eigenvalue weighted by molar-refractivity contribution is 0.486. The first-order valence-corrected chi connectivity index (χ1v) is 7.38. The van der Waals surface area contributed by atoms with Crippen molar-refractivity contribution < 1.29 is 8.42 Å². The molecular formula is C7H16N2O2S3. The second-order valence-corrected chi connectivity index (χ2v) is 6.72. The molecule has 0 aliphatic carbocycles. The Kier molecular flexibility index (Phi) is 5.96. The Hall–Kier alpha value is 0.150. The molecule has 2 N–H and O–H groups in total. The van der Waals surface area contributed by atoms with Gasteiger partial charge >= 0.3 is 0 Å². The van der Waals surface area contributed by atoms with E-state index in [0.29, 0.717) is 6.54 Å². The van der Waals surface area contributed by atoms with Crippen LogP contribution in [0.5, 0.6) is 0 Å². The van der Waals surface area contributed by atoms with Gasteiger partial charge in [0.15, 0.2) is 0 Å². The van der Waals surface area contributed by atoms with E-state index < -0.39 is 15.3 Å². The highest BCUT2D eigenvalue weighted by Crippen LogP contribution is 2.08. The SMILES string of the molecule is CSCCN(C)S(=O)(=O)C(C)C(N)=S. The lowest BCUT2D eigenvalue weighted by Crippen LogP contribution is -2.41. The van der Waals surface area contributed by atoms with E-state index in [0.717, 1.165) is 5.75 Å². The van der Waals surface area contributed by atoms with Crippen LogP contribution in [0.25, 0.3) is 0 Å². The molecule has 0 aliphatic rings. The van der Waals surface area contributed by atoms with Gasteiger partial charge in [0.05, 0.1) is 4.99 Å². The second-order valence-electron chi connectivity index (χ2n) is 2.90. The Labute approximate surface area is 95.3 Å². The molecular weight excluding hydrogens is 240 g/mol. The number of thiocarbonyl (C=S) groups is 1. The highest BCUT2D eigenvalue weighted by molar-refractivity contribution is 7.98. The standard InChI is InChI=1S/C7H16N2O2S3/c1-6(7(8)12)14(10,11)9(2)4-5-13-3/h6H,4-5H2,1-3H3,(H2,8,12). The molecule has 0 aromatic carbocycles. The van der Waals surface area contributed by atoms with Gasteiger partial charge in [0.25, 0.3) is 0 Å². The van der Waals surface area contributed by atoms with Gasteiger partial charge in [0.2, 0.25) is 10.0 Å². The molecule has 0 radical (unpaired) electrons. The summed E-state index contributed by atoms with van der Waals surface area (Å²) in [5.41, 5.74) is 5.31. The van der Waals surface area contributed by atoms with Crippen molar-refractivity contribution in [2.45, 2.75) is 12.2 Å². The van der Waals surface area contributed by atoms with Crippen LogP contribution in [0, 0.1) is 0 Å². The molecule has 0 aromatic rings. The molecule has 0 amide bonds. The molecule has 0 spiro atoms. The first-order valence-electron chi connectivity index (χ1n) is 4.07. The Bertz CT molecular complexity index is 289. The van der Waals surface area contributed by atoms with Gasteiger partial charge in [-0.3, -0.25) is 0 Å². The number of hydrogen-bond acceptors (Lipinski definition) is 4. The van der Waals surface area contributed by atoms with Crippen LogP contribution in [0.15, 0.2) is 0 Å². The number of rotatable bonds is 6. The number of hydrogen-bond donors (Lipinski definition) is 1. The third kappa shape index (κ3) is 3.72. The van der Waals surface area contributed by atoms with Gasteiger partial charge in [-0.25, -0.2) is 12.7 Å². The number of nitrogens with zero attached hydrogens (tertiary/aromatic N) is 1. The molecule has 1 atom stereocenters. The summed E-state index contributed by atoms with van der Waals surface area (Å²) >= 11 is 6.26. The smallest absolute Gasteiger partial charge is 0.223 e. The van der Waals surface area contributed by atoms with Crippen LogP contribution in [-0.4, -0.2) is 48.6 Å². The fourth-order valence-electron chi connectivity index (χ4n) is 0.764. The fraction of sp³-hybridized carbons (Fsp3) is 0.857. The molecule has 1 unspecified atom stereocenters. The van der Waals surface area contributed by atoms with Crippen LogP contribution in [0.1, 0.15) is 6.92 Å². The van der Waals surface area contributed by atoms with E-state index in [1.54, 1.807) is 18.8 Å². The summed E-state index contributed by atoms with van der Waals surface area (Å²) < 4.78 is 24.8. The third-order valence-corrected chi connectivity index (χ3v) is 5.18. The molecule has 0 saturated carbocycles. The van der Waals surface area contributed by atoms with Crippen molar-refractivity contribution in [2.24, 2.45) is 5.73 Å². The maximum Gasteiger partial charge on any atom is 0.223 e. The van der Waals surface area contributed by atoms with Crippen molar-refractivity contribution in [2.75, 3.05) is 25.6 Å². The molecule has 7 heteroatoms. The van der Waals surface area contributed by atoms with E-state index in [1.165, 1.54) is 11.2 Å². The van der Waals surface area contributed by atoms with Crippen LogP contribution in [0.3, 0.4) is 0 Å². The van der Waals surface area contributed by atoms with Gasteiger partial charge in [0.1, 0.15) is 5.25 Å². The minimum absolute atomic E-state index is 0.0148. The van der Waals surface area contributed by atoms with E-state index in [-0.39, 0.29) is 4.99 Å². The predicted molar refractivity (Wildman–Crippen MR) is 66.2 cm³/mol. The van der Waals surface area contributed by atoms with Crippen LogP contribution in [-0.2, 0) is 10.0 Å². The molecule has 84 valence electrons. The first-order chi connectivity index (χ1) is 6.34. The van der Waals surface area contributed by atoms with Gasteiger partial charge in [0, 0.05) is 19.3 Å². The van der Waals surface area contributed by atoms with Crippen LogP contribution >= 0.6 is 24.0 Å². The zero-order valence-corrected chi connectivity index (χ0v) is 11.0. The van der Waals surface area contributed by atoms with Crippen LogP contribution in [0.4, 0.5) is 0 Å². The van der Waals surface area contributed by atoms with Crippen LogP contribution in [0.2, 0.25) is 0 Å². The van der Waals surface area contributed by atoms with E-state index in [4.69, 9.17) is 5.73 Å². The highest BCUT2D eigenvalue weighted by atomic mass is 32.2. The highest BCUT2D eigenvalue weighted by Gasteiger charge is 2.27. The molecule has 0 rings (SSSR count). The summed E-state index contributed by atoms with van der Waals surface area (Å²) in [6.45, 7) is 1.99. The largest absolute Gasteiger partial charge is 0.392 e. The van der Waals surface area contributed by atoms with E-state index in [1.807, 2.05) is 6.26 Å². The first kappa shape index (κ1) is 14.2. The van der Waals surface area contributed by atoms with Crippen LogP contribution < -0.4 is 5.73 Å². The second kappa shape index (κ2) is 5.89. The molecule has 0 aromatic heterocycles. The normalized spacial score (nSPS) is 14.3. The van der Waals surface area contributed by atoms with Crippen molar-refractivity contribution in [3.8, 4) is 0 Å². The molecule has 0 saturated heterocycles. The lowest BCUT2D eigenvalue weighted by Gasteiger charge is -2.20. The molecule has 4 nitrogen and oxygen atoms in total. The lowest BCUT2D eigenvalue weighted by atomic mass is 10.5. The van der Waals surface area contributed by atoms with Gasteiger partial charge in [-0.05, 0) is 13.2 Å². The van der Waals surface area contributed by atoms with E-state index in [9.17, 15) is 8.42 Å². The average Bonchev–Trinajstić information content (AvgIpc) is 2.12. The minimum Gasteiger partial charge on any atom is -0.392 e. The van der Waals surface area contributed by atoms with Gasteiger partial charge in [-0.2, -0.15) is 11.8 Å². The minimum atomic E-state index is -3.36. The van der Waals surface area contributed by atoms with E-state index >= 15 is 0 Å². The number of sulfonamides is 1. The Morgan fingerprint density at radius 3 is 2.50 bits per heavy atom. The van der Waals surface area contributed by atoms with Gasteiger partial charge in [-0.15, -0.1) is 0 Å². The third-order valence-electron chi connectivity index (χ3n) is 1.89. The van der Waals surface area contributed by atoms with Crippen molar-refractivity contribution >= 4 is 39.0 Å². The molecule has 0 heterocycles. The quantitative estimate of drug-likeness (QED) is 0.692. The molecule has 0 aliphatic heterocycles. The topological polar surface area (TPSA) is 63.4 Å². The van der Waals surface area contributed by atoms with Crippen molar-refractivity contribution in [1.82, 2.24) is 4.31 Å². The molecule has 0 bridgehead atoms. The number of nitrogens with two attached hydrogens (primary N) is 1. The zero-order valence-electron chi connectivity index (χ0n) is 8.56. The summed E-state index contributed by atoms with van der Waals surface area (Å²) in [6.07, 6.45) is 1.93. The summed E-state index contributed by atoms with van der Waals surface area (Å²) in [4.78, 5) is 0.0148. The zero-order chi connectivity index (χ0) is 11.4. The maximum atomic E-state index is 11.7. The fourth-order valence-corrected chi connectivity index (χ4v) is 2.88. The Morgan fingerprint density at radius 2 is 2.14 bits per heavy atom. The Balaban J connectivity index is 4.53. The molecule has 0 fully saturated rings. The van der Waals surface area contributed by atoms with Gasteiger partial charge < -0.3 is 5.73 Å². The summed E-state index contributed by atoms with van der Waals surface area (Å²) in [6, 6.07) is 0. The summed E-state index contributed by atoms with van der Waals surface area (Å²) in [5.74, 6) is 0.764. The Morgan fingerprint density at radius 1 is 1.64 bits per heavy atom. The monoisotopic (exact) mass is 256 g/mol. The van der Waals surface area contributed by atoms with E-state index in [2.05, 4.69) is 12.2 Å². The summed E-state index contributed by atoms with van der Waals surface area (Å²) in [5, 5.41) is -0.788. The van der Waals surface area contributed by atoms with Crippen molar-refractivity contribution in [3.63, 3.8) is 0 Å². The summed E-state index contributed by atoms with van der Waals surface area (Å²) in [7, 11) is -1.81. The number of thioether (sulfide) groups is 1.